The van der Waals surface area contributed by atoms with E-state index in [1.807, 2.05) is 79.7 Å². The van der Waals surface area contributed by atoms with Crippen molar-refractivity contribution in [3.63, 3.8) is 0 Å². The predicted molar refractivity (Wildman–Crippen MR) is 134 cm³/mol. The van der Waals surface area contributed by atoms with Crippen LogP contribution in [-0.4, -0.2) is 35.3 Å². The van der Waals surface area contributed by atoms with E-state index in [4.69, 9.17) is 9.84 Å². The number of fused-ring (bicyclic) bond motifs is 1. The van der Waals surface area contributed by atoms with Crippen molar-refractivity contribution >= 4 is 22.5 Å². The van der Waals surface area contributed by atoms with Gasteiger partial charge in [0, 0.05) is 30.0 Å². The molecule has 0 bridgehead atoms. The van der Waals surface area contributed by atoms with Crippen LogP contribution in [0.4, 0.5) is 0 Å². The third-order valence-corrected chi connectivity index (χ3v) is 6.13. The number of benzene rings is 3. The van der Waals surface area contributed by atoms with E-state index in [1.165, 1.54) is 12.1 Å². The zero-order valence-corrected chi connectivity index (χ0v) is 19.1. The number of pyridine rings is 1. The molecular formula is C28H25N3O3. The van der Waals surface area contributed by atoms with Crippen LogP contribution in [-0.2, 0) is 9.53 Å². The molecule has 0 saturated carbocycles. The third-order valence-electron chi connectivity index (χ3n) is 6.13. The molecule has 0 saturated heterocycles. The highest BCUT2D eigenvalue weighted by Gasteiger charge is 2.35. The van der Waals surface area contributed by atoms with Crippen molar-refractivity contribution < 1.29 is 9.53 Å². The van der Waals surface area contributed by atoms with Gasteiger partial charge in [0.05, 0.1) is 17.3 Å². The van der Waals surface area contributed by atoms with Gasteiger partial charge in [-0.15, -0.1) is 0 Å². The Hall–Kier alpha value is -4.03. The standard InChI is InChI=1S/C28H25N3O3/c1-18-9-8-12-20(15-18)24-16-23(30-31(24)25(32)17-34-2)27-26(19-10-4-3-5-11-19)21-13-6-7-14-22(21)29-28(27)33/h3-15,24H,16-17H2,1-2H3,(H,29,33). The van der Waals surface area contributed by atoms with Crippen LogP contribution in [0.2, 0.25) is 0 Å². The highest BCUT2D eigenvalue weighted by atomic mass is 16.5. The molecule has 0 spiro atoms. The Morgan fingerprint density at radius 1 is 1.03 bits per heavy atom. The van der Waals surface area contributed by atoms with Gasteiger partial charge in [-0.05, 0) is 24.1 Å². The fourth-order valence-electron chi connectivity index (χ4n) is 4.64. The molecule has 1 aliphatic heterocycles. The van der Waals surface area contributed by atoms with E-state index in [0.29, 0.717) is 17.7 Å². The van der Waals surface area contributed by atoms with Gasteiger partial charge in [0.25, 0.3) is 11.5 Å². The molecule has 1 amide bonds. The number of aryl methyl sites for hydroxylation is 1. The van der Waals surface area contributed by atoms with Crippen LogP contribution in [0.15, 0.2) is 88.8 Å². The number of hydrazone groups is 1. The first-order valence-corrected chi connectivity index (χ1v) is 11.2. The lowest BCUT2D eigenvalue weighted by Gasteiger charge is -2.22. The molecule has 3 aromatic carbocycles. The number of nitrogens with zero attached hydrogens (tertiary/aromatic N) is 2. The molecule has 1 N–H and O–H groups in total. The van der Waals surface area contributed by atoms with E-state index in [2.05, 4.69) is 11.1 Å². The number of carbonyl (C=O) groups excluding carboxylic acids is 1. The molecular weight excluding hydrogens is 426 g/mol. The molecule has 1 atom stereocenters. The van der Waals surface area contributed by atoms with Gasteiger partial charge in [-0.25, -0.2) is 5.01 Å². The number of nitrogens with one attached hydrogen (secondary N) is 1. The minimum absolute atomic E-state index is 0.0846. The zero-order valence-electron chi connectivity index (χ0n) is 19.1. The summed E-state index contributed by atoms with van der Waals surface area (Å²) in [6.45, 7) is 1.93. The van der Waals surface area contributed by atoms with E-state index < -0.39 is 0 Å². The maximum absolute atomic E-state index is 13.4. The number of aromatic amines is 1. The van der Waals surface area contributed by atoms with Crippen molar-refractivity contribution in [2.75, 3.05) is 13.7 Å². The van der Waals surface area contributed by atoms with Crippen molar-refractivity contribution in [1.82, 2.24) is 9.99 Å². The van der Waals surface area contributed by atoms with Crippen LogP contribution in [0.5, 0.6) is 0 Å². The molecule has 1 aromatic heterocycles. The summed E-state index contributed by atoms with van der Waals surface area (Å²) in [7, 11) is 1.49. The highest BCUT2D eigenvalue weighted by molar-refractivity contribution is 6.12. The number of hydrogen-bond acceptors (Lipinski definition) is 4. The summed E-state index contributed by atoms with van der Waals surface area (Å²) in [5, 5.41) is 7.12. The van der Waals surface area contributed by atoms with Crippen LogP contribution in [0.25, 0.3) is 22.0 Å². The van der Waals surface area contributed by atoms with Crippen molar-refractivity contribution in [1.29, 1.82) is 0 Å². The molecule has 2 heterocycles. The van der Waals surface area contributed by atoms with Gasteiger partial charge in [-0.2, -0.15) is 5.10 Å². The number of H-pyrrole nitrogens is 1. The van der Waals surface area contributed by atoms with Crippen LogP contribution < -0.4 is 5.56 Å². The van der Waals surface area contributed by atoms with Crippen LogP contribution >= 0.6 is 0 Å². The van der Waals surface area contributed by atoms with Crippen molar-refractivity contribution in [2.24, 2.45) is 5.10 Å². The smallest absolute Gasteiger partial charge is 0.269 e. The lowest BCUT2D eigenvalue weighted by Crippen LogP contribution is -2.30. The molecule has 34 heavy (non-hydrogen) atoms. The molecule has 6 nitrogen and oxygen atoms in total. The first-order valence-electron chi connectivity index (χ1n) is 11.2. The Labute approximate surface area is 197 Å². The monoisotopic (exact) mass is 451 g/mol. The quantitative estimate of drug-likeness (QED) is 0.472. The van der Waals surface area contributed by atoms with E-state index in [9.17, 15) is 9.59 Å². The first kappa shape index (κ1) is 21.8. The molecule has 1 aliphatic rings. The summed E-state index contributed by atoms with van der Waals surface area (Å²) in [6, 6.07) is 25.3. The SMILES string of the molecule is COCC(=O)N1N=C(c2c(-c3ccccc3)c3ccccc3[nH]c2=O)CC1c1cccc(C)c1. The predicted octanol–water partition coefficient (Wildman–Crippen LogP) is 4.83. The molecule has 1 unspecified atom stereocenters. The minimum atomic E-state index is -0.313. The summed E-state index contributed by atoms with van der Waals surface area (Å²) < 4.78 is 5.11. The number of carbonyl (C=O) groups is 1. The zero-order chi connectivity index (χ0) is 23.7. The number of methoxy groups -OCH3 is 1. The highest BCUT2D eigenvalue weighted by Crippen LogP contribution is 2.37. The van der Waals surface area contributed by atoms with E-state index >= 15 is 0 Å². The Morgan fingerprint density at radius 3 is 2.56 bits per heavy atom. The topological polar surface area (TPSA) is 74.8 Å². The third kappa shape index (κ3) is 3.93. The van der Waals surface area contributed by atoms with Crippen LogP contribution in [0.1, 0.15) is 29.2 Å². The Kier molecular flexibility index (Phi) is 5.82. The van der Waals surface area contributed by atoms with Gasteiger partial charge < -0.3 is 9.72 Å². The summed E-state index contributed by atoms with van der Waals surface area (Å²) in [4.78, 5) is 29.4. The second kappa shape index (κ2) is 9.08. The van der Waals surface area contributed by atoms with Gasteiger partial charge in [0.2, 0.25) is 0 Å². The van der Waals surface area contributed by atoms with Gasteiger partial charge in [-0.1, -0.05) is 78.4 Å². The maximum atomic E-state index is 13.4. The fraction of sp³-hybridized carbons (Fsp3) is 0.179. The second-order valence-corrected chi connectivity index (χ2v) is 8.47. The van der Waals surface area contributed by atoms with Gasteiger partial charge in [0.15, 0.2) is 0 Å². The number of aromatic nitrogens is 1. The van der Waals surface area contributed by atoms with E-state index in [-0.39, 0.29) is 24.1 Å². The number of amides is 1. The average Bonchev–Trinajstić information content (AvgIpc) is 3.29. The molecule has 5 rings (SSSR count). The Bertz CT molecular complexity index is 1460. The molecule has 4 aromatic rings. The number of hydrogen-bond donors (Lipinski definition) is 1. The molecule has 0 radical (unpaired) electrons. The average molecular weight is 452 g/mol. The fourth-order valence-corrected chi connectivity index (χ4v) is 4.64. The summed E-state index contributed by atoms with van der Waals surface area (Å²) in [6.07, 6.45) is 0.431. The summed E-state index contributed by atoms with van der Waals surface area (Å²) >= 11 is 0. The van der Waals surface area contributed by atoms with E-state index in [0.717, 1.165) is 33.2 Å². The molecule has 0 fully saturated rings. The van der Waals surface area contributed by atoms with Crippen molar-refractivity contribution in [3.8, 4) is 11.1 Å². The second-order valence-electron chi connectivity index (χ2n) is 8.47. The molecule has 0 aliphatic carbocycles. The van der Waals surface area contributed by atoms with Gasteiger partial charge >= 0.3 is 0 Å². The molecule has 6 heteroatoms. The number of rotatable bonds is 5. The lowest BCUT2D eigenvalue weighted by atomic mass is 9.91. The van der Waals surface area contributed by atoms with Crippen LogP contribution in [0, 0.1) is 6.92 Å². The largest absolute Gasteiger partial charge is 0.375 e. The summed E-state index contributed by atoms with van der Waals surface area (Å²) in [5.41, 5.74) is 5.44. The normalized spacial score (nSPS) is 15.5. The Morgan fingerprint density at radius 2 is 1.79 bits per heavy atom. The lowest BCUT2D eigenvalue weighted by molar-refractivity contribution is -0.137. The van der Waals surface area contributed by atoms with Gasteiger partial charge in [0.1, 0.15) is 6.61 Å². The first-order chi connectivity index (χ1) is 16.6. The van der Waals surface area contributed by atoms with E-state index in [1.54, 1.807) is 0 Å². The van der Waals surface area contributed by atoms with Crippen LogP contribution in [0.3, 0.4) is 0 Å². The number of ether oxygens (including phenoxy) is 1. The maximum Gasteiger partial charge on any atom is 0.269 e. The Balaban J connectivity index is 1.72. The van der Waals surface area contributed by atoms with Crippen molar-refractivity contribution in [2.45, 2.75) is 19.4 Å². The summed E-state index contributed by atoms with van der Waals surface area (Å²) in [5.74, 6) is -0.248. The van der Waals surface area contributed by atoms with Gasteiger partial charge in [-0.3, -0.25) is 9.59 Å². The number of para-hydroxylation sites is 1. The minimum Gasteiger partial charge on any atom is -0.375 e. The van der Waals surface area contributed by atoms with Crippen molar-refractivity contribution in [3.05, 3.63) is 106 Å². The molecule has 170 valence electrons.